The maximum atomic E-state index is 10.3. The molecule has 0 aliphatic heterocycles. The molecule has 0 fully saturated rings. The molecule has 0 saturated carbocycles. The Labute approximate surface area is 86.1 Å². The van der Waals surface area contributed by atoms with Crippen LogP contribution in [0.1, 0.15) is 25.7 Å². The van der Waals surface area contributed by atoms with Crippen molar-refractivity contribution in [2.45, 2.75) is 25.7 Å². The first kappa shape index (κ1) is 13.5. The normalized spacial score (nSPS) is 10.8. The van der Waals surface area contributed by atoms with Crippen molar-refractivity contribution in [3.8, 4) is 0 Å². The lowest BCUT2D eigenvalue weighted by atomic mass is 10.2. The lowest BCUT2D eigenvalue weighted by Gasteiger charge is -2.17. The molecule has 0 aliphatic carbocycles. The molecule has 0 spiro atoms. The van der Waals surface area contributed by atoms with Crippen LogP contribution in [0.25, 0.3) is 0 Å². The number of carbonyl (C=O) groups excluding carboxylic acids is 1. The van der Waals surface area contributed by atoms with Gasteiger partial charge in [-0.1, -0.05) is 12.8 Å². The summed E-state index contributed by atoms with van der Waals surface area (Å²) in [7, 11) is 0. The molecule has 4 heteroatoms. The number of unbranched alkanes of at least 4 members (excludes halogenated alkanes) is 3. The molecule has 0 aromatic carbocycles. The van der Waals surface area contributed by atoms with Crippen LogP contribution in [0.15, 0.2) is 0 Å². The number of aliphatic hydroxyl groups excluding tert-OH is 1. The minimum absolute atomic E-state index is 0.122. The van der Waals surface area contributed by atoms with E-state index in [2.05, 4.69) is 0 Å². The van der Waals surface area contributed by atoms with E-state index in [0.717, 1.165) is 45.1 Å². The predicted octanol–water partition coefficient (Wildman–Crippen LogP) is -0.00130. The van der Waals surface area contributed by atoms with Crippen LogP contribution in [0.5, 0.6) is 0 Å². The quantitative estimate of drug-likeness (QED) is 0.386. The number of aliphatic hydroxyl groups is 1. The molecule has 0 heterocycles. The van der Waals surface area contributed by atoms with E-state index < -0.39 is 0 Å². The molecule has 3 N–H and O–H groups in total. The Morgan fingerprint density at radius 1 is 1.14 bits per heavy atom. The maximum absolute atomic E-state index is 10.3. The van der Waals surface area contributed by atoms with E-state index in [1.807, 2.05) is 4.90 Å². The topological polar surface area (TPSA) is 66.6 Å². The van der Waals surface area contributed by atoms with Crippen LogP contribution >= 0.6 is 0 Å². The standard InChI is InChI=1S/C10H22N2O2/c11-5-3-1-2-4-6-12(7-9-13)8-10-14/h9,14H,1-8,10-11H2. The second kappa shape index (κ2) is 10.6. The first-order chi connectivity index (χ1) is 6.85. The zero-order chi connectivity index (χ0) is 10.6. The van der Waals surface area contributed by atoms with Crippen LogP contribution in [0.2, 0.25) is 0 Å². The zero-order valence-electron chi connectivity index (χ0n) is 8.82. The number of hydrogen-bond donors (Lipinski definition) is 2. The van der Waals surface area contributed by atoms with Gasteiger partial charge in [-0.25, -0.2) is 0 Å². The third kappa shape index (κ3) is 8.16. The molecule has 0 rings (SSSR count). The molecule has 14 heavy (non-hydrogen) atoms. The third-order valence-corrected chi connectivity index (χ3v) is 2.18. The number of hydrogen-bond acceptors (Lipinski definition) is 4. The second-order valence-electron chi connectivity index (χ2n) is 3.39. The van der Waals surface area contributed by atoms with Crippen molar-refractivity contribution in [3.05, 3.63) is 0 Å². The van der Waals surface area contributed by atoms with E-state index in [-0.39, 0.29) is 6.61 Å². The molecular weight excluding hydrogens is 180 g/mol. The van der Waals surface area contributed by atoms with Crippen molar-refractivity contribution in [1.82, 2.24) is 4.90 Å². The minimum Gasteiger partial charge on any atom is -0.395 e. The summed E-state index contributed by atoms with van der Waals surface area (Å²) in [6.45, 7) is 2.79. The molecule has 0 aromatic heterocycles. The molecule has 0 aromatic rings. The van der Waals surface area contributed by atoms with Gasteiger partial charge in [0.05, 0.1) is 13.2 Å². The van der Waals surface area contributed by atoms with Crippen LogP contribution in [-0.4, -0.2) is 49.1 Å². The van der Waals surface area contributed by atoms with Crippen LogP contribution in [-0.2, 0) is 4.79 Å². The van der Waals surface area contributed by atoms with Crippen LogP contribution < -0.4 is 5.73 Å². The summed E-state index contributed by atoms with van der Waals surface area (Å²) in [5.41, 5.74) is 5.38. The number of carbonyl (C=O) groups is 1. The smallest absolute Gasteiger partial charge is 0.133 e. The fourth-order valence-electron chi connectivity index (χ4n) is 1.37. The molecule has 0 aliphatic rings. The SMILES string of the molecule is NCCCCCCN(CC=O)CCO. The Balaban J connectivity index is 3.35. The summed E-state index contributed by atoms with van der Waals surface area (Å²) in [4.78, 5) is 12.3. The van der Waals surface area contributed by atoms with E-state index in [1.54, 1.807) is 0 Å². The van der Waals surface area contributed by atoms with Gasteiger partial charge in [-0.2, -0.15) is 0 Å². The number of nitrogens with zero attached hydrogens (tertiary/aromatic N) is 1. The first-order valence-corrected chi connectivity index (χ1v) is 5.32. The molecule has 0 amide bonds. The monoisotopic (exact) mass is 202 g/mol. The highest BCUT2D eigenvalue weighted by molar-refractivity contribution is 5.51. The summed E-state index contributed by atoms with van der Waals surface area (Å²) < 4.78 is 0. The molecule has 84 valence electrons. The highest BCUT2D eigenvalue weighted by atomic mass is 16.3. The number of nitrogens with two attached hydrogens (primary N) is 1. The van der Waals surface area contributed by atoms with Gasteiger partial charge in [0.15, 0.2) is 0 Å². The summed E-state index contributed by atoms with van der Waals surface area (Å²) in [6, 6.07) is 0. The van der Waals surface area contributed by atoms with Crippen LogP contribution in [0, 0.1) is 0 Å². The van der Waals surface area contributed by atoms with Crippen molar-refractivity contribution >= 4 is 6.29 Å². The highest BCUT2D eigenvalue weighted by Gasteiger charge is 2.01. The minimum atomic E-state index is 0.122. The lowest BCUT2D eigenvalue weighted by molar-refractivity contribution is -0.109. The van der Waals surface area contributed by atoms with Gasteiger partial charge in [0.1, 0.15) is 6.29 Å². The van der Waals surface area contributed by atoms with Crippen molar-refractivity contribution in [3.63, 3.8) is 0 Å². The summed E-state index contributed by atoms with van der Waals surface area (Å²) in [5.74, 6) is 0. The van der Waals surface area contributed by atoms with Gasteiger partial charge in [-0.05, 0) is 25.9 Å². The van der Waals surface area contributed by atoms with E-state index in [0.29, 0.717) is 13.1 Å². The fourth-order valence-corrected chi connectivity index (χ4v) is 1.37. The Morgan fingerprint density at radius 2 is 1.86 bits per heavy atom. The average Bonchev–Trinajstić information content (AvgIpc) is 2.18. The van der Waals surface area contributed by atoms with E-state index in [9.17, 15) is 4.79 Å². The maximum Gasteiger partial charge on any atom is 0.133 e. The van der Waals surface area contributed by atoms with Gasteiger partial charge in [0, 0.05) is 6.54 Å². The van der Waals surface area contributed by atoms with Crippen molar-refractivity contribution in [1.29, 1.82) is 0 Å². The van der Waals surface area contributed by atoms with Crippen LogP contribution in [0.3, 0.4) is 0 Å². The van der Waals surface area contributed by atoms with Crippen molar-refractivity contribution in [2.24, 2.45) is 5.73 Å². The fraction of sp³-hybridized carbons (Fsp3) is 0.900. The van der Waals surface area contributed by atoms with E-state index >= 15 is 0 Å². The highest BCUT2D eigenvalue weighted by Crippen LogP contribution is 2.00. The van der Waals surface area contributed by atoms with Crippen molar-refractivity contribution in [2.75, 3.05) is 32.8 Å². The van der Waals surface area contributed by atoms with Gasteiger partial charge in [-0.3, -0.25) is 4.90 Å². The first-order valence-electron chi connectivity index (χ1n) is 5.32. The van der Waals surface area contributed by atoms with Crippen LogP contribution in [0.4, 0.5) is 0 Å². The Kier molecular flexibility index (Phi) is 10.3. The Morgan fingerprint density at radius 3 is 2.43 bits per heavy atom. The second-order valence-corrected chi connectivity index (χ2v) is 3.39. The molecule has 0 atom stereocenters. The molecule has 0 radical (unpaired) electrons. The Bertz CT molecular complexity index is 131. The van der Waals surface area contributed by atoms with Gasteiger partial charge >= 0.3 is 0 Å². The number of aldehydes is 1. The van der Waals surface area contributed by atoms with Gasteiger partial charge in [0.25, 0.3) is 0 Å². The Hall–Kier alpha value is -0.450. The van der Waals surface area contributed by atoms with Gasteiger partial charge in [0.2, 0.25) is 0 Å². The molecular formula is C10H22N2O2. The summed E-state index contributed by atoms with van der Waals surface area (Å²) in [5, 5.41) is 8.73. The summed E-state index contributed by atoms with van der Waals surface area (Å²) in [6.07, 6.45) is 5.35. The van der Waals surface area contributed by atoms with Crippen molar-refractivity contribution < 1.29 is 9.90 Å². The molecule has 0 bridgehead atoms. The number of rotatable bonds is 10. The molecule has 0 saturated heterocycles. The van der Waals surface area contributed by atoms with Gasteiger partial charge < -0.3 is 15.6 Å². The van der Waals surface area contributed by atoms with E-state index in [1.165, 1.54) is 0 Å². The average molecular weight is 202 g/mol. The third-order valence-electron chi connectivity index (χ3n) is 2.18. The molecule has 0 unspecified atom stereocenters. The predicted molar refractivity (Wildman–Crippen MR) is 57.1 cm³/mol. The molecule has 4 nitrogen and oxygen atoms in total. The van der Waals surface area contributed by atoms with E-state index in [4.69, 9.17) is 10.8 Å². The lowest BCUT2D eigenvalue weighted by Crippen LogP contribution is -2.29. The largest absolute Gasteiger partial charge is 0.395 e. The summed E-state index contributed by atoms with van der Waals surface area (Å²) >= 11 is 0. The zero-order valence-corrected chi connectivity index (χ0v) is 8.82. The van der Waals surface area contributed by atoms with Gasteiger partial charge in [-0.15, -0.1) is 0 Å².